The van der Waals surface area contributed by atoms with Crippen LogP contribution in [0.4, 0.5) is 0 Å². The molecule has 1 aromatic heterocycles. The van der Waals surface area contributed by atoms with Gasteiger partial charge in [0.15, 0.2) is 0 Å². The average molecular weight is 467 g/mol. The molecule has 2 N–H and O–H groups in total. The standard InChI is InChI=1S/C26H34N4O4/c1-17(27-2)24(32)29-22(18-10-5-3-6-11-18)26(33)30-15-9-14-21(30)25-28-20(16-34-25)23(31)19-12-7-4-8-13-19/h4,7-8,12-13,16-18,21-22,27H,3,5-6,9-11,14-15H2,1-2H3,(H,29,32)/t17?,21-,22?/m0/s1. The van der Waals surface area contributed by atoms with E-state index >= 15 is 0 Å². The fourth-order valence-electron chi connectivity index (χ4n) is 5.01. The van der Waals surface area contributed by atoms with E-state index in [1.54, 1.807) is 43.1 Å². The summed E-state index contributed by atoms with van der Waals surface area (Å²) in [6.07, 6.45) is 8.07. The lowest BCUT2D eigenvalue weighted by molar-refractivity contribution is -0.140. The molecule has 1 saturated carbocycles. The van der Waals surface area contributed by atoms with Crippen LogP contribution in [0, 0.1) is 5.92 Å². The number of carbonyl (C=O) groups excluding carboxylic acids is 3. The van der Waals surface area contributed by atoms with E-state index < -0.39 is 6.04 Å². The molecule has 0 bridgehead atoms. The molecule has 3 atom stereocenters. The summed E-state index contributed by atoms with van der Waals surface area (Å²) in [4.78, 5) is 45.5. The number of aromatic nitrogens is 1. The predicted octanol–water partition coefficient (Wildman–Crippen LogP) is 3.24. The van der Waals surface area contributed by atoms with Crippen LogP contribution in [0.2, 0.25) is 0 Å². The maximum absolute atomic E-state index is 13.8. The van der Waals surface area contributed by atoms with E-state index in [0.29, 0.717) is 24.4 Å². The summed E-state index contributed by atoms with van der Waals surface area (Å²) in [5.74, 6) is 0.0341. The lowest BCUT2D eigenvalue weighted by Gasteiger charge is -2.34. The lowest BCUT2D eigenvalue weighted by Crippen LogP contribution is -2.55. The summed E-state index contributed by atoms with van der Waals surface area (Å²) in [5, 5.41) is 5.98. The van der Waals surface area contributed by atoms with Gasteiger partial charge in [0.2, 0.25) is 23.5 Å². The van der Waals surface area contributed by atoms with Crippen LogP contribution < -0.4 is 10.6 Å². The number of hydrogen-bond acceptors (Lipinski definition) is 6. The molecule has 4 rings (SSSR count). The monoisotopic (exact) mass is 466 g/mol. The van der Waals surface area contributed by atoms with Gasteiger partial charge in [-0.25, -0.2) is 4.98 Å². The Balaban J connectivity index is 1.53. The fraction of sp³-hybridized carbons (Fsp3) is 0.538. The van der Waals surface area contributed by atoms with Crippen molar-refractivity contribution in [2.24, 2.45) is 5.92 Å². The number of likely N-dealkylation sites (N-methyl/N-ethyl adjacent to an activating group) is 1. The van der Waals surface area contributed by atoms with Crippen LogP contribution in [-0.2, 0) is 9.59 Å². The van der Waals surface area contributed by atoms with E-state index in [4.69, 9.17) is 4.42 Å². The molecule has 34 heavy (non-hydrogen) atoms. The molecule has 1 aliphatic heterocycles. The highest BCUT2D eigenvalue weighted by Gasteiger charge is 2.40. The van der Waals surface area contributed by atoms with Gasteiger partial charge in [-0.15, -0.1) is 0 Å². The van der Waals surface area contributed by atoms with Crippen molar-refractivity contribution in [3.63, 3.8) is 0 Å². The third-order valence-electron chi connectivity index (χ3n) is 7.12. The zero-order chi connectivity index (χ0) is 24.1. The SMILES string of the molecule is CNC(C)C(=O)NC(C(=O)N1CCC[C@H]1c1nc(C(=O)c2ccccc2)co1)C1CCCCC1. The quantitative estimate of drug-likeness (QED) is 0.579. The van der Waals surface area contributed by atoms with Gasteiger partial charge in [-0.05, 0) is 45.6 Å². The van der Waals surface area contributed by atoms with Crippen molar-refractivity contribution in [2.45, 2.75) is 70.0 Å². The zero-order valence-corrected chi connectivity index (χ0v) is 20.0. The highest BCUT2D eigenvalue weighted by molar-refractivity contribution is 6.07. The Morgan fingerprint density at radius 2 is 1.79 bits per heavy atom. The number of nitrogens with one attached hydrogen (secondary N) is 2. The van der Waals surface area contributed by atoms with Crippen LogP contribution in [0.3, 0.4) is 0 Å². The summed E-state index contributed by atoms with van der Waals surface area (Å²) in [6, 6.07) is 7.66. The molecule has 1 saturated heterocycles. The van der Waals surface area contributed by atoms with Crippen LogP contribution in [0.15, 0.2) is 41.0 Å². The maximum Gasteiger partial charge on any atom is 0.246 e. The first-order chi connectivity index (χ1) is 16.5. The summed E-state index contributed by atoms with van der Waals surface area (Å²) >= 11 is 0. The van der Waals surface area contributed by atoms with Crippen molar-refractivity contribution in [3.05, 3.63) is 53.7 Å². The molecular weight excluding hydrogens is 432 g/mol. The number of benzene rings is 1. The van der Waals surface area contributed by atoms with Gasteiger partial charge in [0.05, 0.1) is 6.04 Å². The number of likely N-dealkylation sites (tertiary alicyclic amines) is 1. The Kier molecular flexibility index (Phi) is 7.77. The van der Waals surface area contributed by atoms with Crippen molar-refractivity contribution in [2.75, 3.05) is 13.6 Å². The largest absolute Gasteiger partial charge is 0.446 e. The first kappa shape index (κ1) is 24.1. The van der Waals surface area contributed by atoms with Gasteiger partial charge < -0.3 is 20.0 Å². The smallest absolute Gasteiger partial charge is 0.246 e. The Hall–Kier alpha value is -3.00. The molecule has 8 nitrogen and oxygen atoms in total. The highest BCUT2D eigenvalue weighted by atomic mass is 16.3. The Labute approximate surface area is 200 Å². The number of amides is 2. The third-order valence-corrected chi connectivity index (χ3v) is 7.12. The van der Waals surface area contributed by atoms with Crippen molar-refractivity contribution in [3.8, 4) is 0 Å². The molecular formula is C26H34N4O4. The lowest BCUT2D eigenvalue weighted by atomic mass is 9.83. The van der Waals surface area contributed by atoms with Gasteiger partial charge in [-0.3, -0.25) is 14.4 Å². The topological polar surface area (TPSA) is 105 Å². The van der Waals surface area contributed by atoms with Gasteiger partial charge in [-0.1, -0.05) is 49.6 Å². The zero-order valence-electron chi connectivity index (χ0n) is 20.0. The van der Waals surface area contributed by atoms with Crippen molar-refractivity contribution in [1.29, 1.82) is 0 Å². The Bertz CT molecular complexity index is 999. The van der Waals surface area contributed by atoms with Crippen LogP contribution in [-0.4, -0.2) is 53.2 Å². The Morgan fingerprint density at radius 1 is 1.06 bits per heavy atom. The molecule has 1 aliphatic carbocycles. The van der Waals surface area contributed by atoms with E-state index in [-0.39, 0.29) is 41.3 Å². The molecule has 2 fully saturated rings. The van der Waals surface area contributed by atoms with Gasteiger partial charge in [0, 0.05) is 12.1 Å². The summed E-state index contributed by atoms with van der Waals surface area (Å²) in [7, 11) is 1.73. The average Bonchev–Trinajstić information content (AvgIpc) is 3.57. The van der Waals surface area contributed by atoms with Crippen LogP contribution in [0.5, 0.6) is 0 Å². The minimum Gasteiger partial charge on any atom is -0.446 e. The van der Waals surface area contributed by atoms with Gasteiger partial charge in [0.25, 0.3) is 0 Å². The van der Waals surface area contributed by atoms with Crippen LogP contribution >= 0.6 is 0 Å². The molecule has 0 radical (unpaired) electrons. The van der Waals surface area contributed by atoms with Crippen molar-refractivity contribution in [1.82, 2.24) is 20.5 Å². The summed E-state index contributed by atoms with van der Waals surface area (Å²) in [5.41, 5.74) is 0.779. The van der Waals surface area contributed by atoms with Gasteiger partial charge in [-0.2, -0.15) is 0 Å². The molecule has 2 aliphatic rings. The molecule has 2 unspecified atom stereocenters. The number of nitrogens with zero attached hydrogens (tertiary/aromatic N) is 2. The van der Waals surface area contributed by atoms with Crippen molar-refractivity contribution < 1.29 is 18.8 Å². The van der Waals surface area contributed by atoms with E-state index in [1.165, 1.54) is 12.7 Å². The highest BCUT2D eigenvalue weighted by Crippen LogP contribution is 2.35. The van der Waals surface area contributed by atoms with E-state index in [2.05, 4.69) is 15.6 Å². The second-order valence-electron chi connectivity index (χ2n) is 9.35. The first-order valence-electron chi connectivity index (χ1n) is 12.3. The fourth-order valence-corrected chi connectivity index (χ4v) is 5.01. The van der Waals surface area contributed by atoms with E-state index in [0.717, 1.165) is 32.1 Å². The van der Waals surface area contributed by atoms with Crippen molar-refractivity contribution >= 4 is 17.6 Å². The summed E-state index contributed by atoms with van der Waals surface area (Å²) < 4.78 is 5.71. The Morgan fingerprint density at radius 3 is 2.50 bits per heavy atom. The van der Waals surface area contributed by atoms with Gasteiger partial charge >= 0.3 is 0 Å². The number of hydrogen-bond donors (Lipinski definition) is 2. The second kappa shape index (κ2) is 11.0. The molecule has 2 aromatic rings. The minimum atomic E-state index is -0.565. The number of carbonyl (C=O) groups is 3. The van der Waals surface area contributed by atoms with Crippen LogP contribution in [0.1, 0.15) is 79.9 Å². The number of rotatable bonds is 8. The molecule has 2 heterocycles. The van der Waals surface area contributed by atoms with E-state index in [9.17, 15) is 14.4 Å². The molecule has 1 aromatic carbocycles. The third kappa shape index (κ3) is 5.22. The first-order valence-corrected chi connectivity index (χ1v) is 12.3. The van der Waals surface area contributed by atoms with Crippen LogP contribution in [0.25, 0.3) is 0 Å². The molecule has 8 heteroatoms. The second-order valence-corrected chi connectivity index (χ2v) is 9.35. The normalized spacial score (nSPS) is 20.6. The molecule has 2 amide bonds. The summed E-state index contributed by atoms with van der Waals surface area (Å²) in [6.45, 7) is 2.36. The molecule has 182 valence electrons. The molecule has 0 spiro atoms. The maximum atomic E-state index is 13.8. The minimum absolute atomic E-state index is 0.0832. The number of ketones is 1. The predicted molar refractivity (Wildman–Crippen MR) is 127 cm³/mol. The number of oxazole rings is 1. The van der Waals surface area contributed by atoms with E-state index in [1.807, 2.05) is 6.07 Å². The van der Waals surface area contributed by atoms with Gasteiger partial charge in [0.1, 0.15) is 24.0 Å².